The first kappa shape index (κ1) is 16.7. The predicted octanol–water partition coefficient (Wildman–Crippen LogP) is 1.62. The average molecular weight is 348 g/mol. The first-order valence-electron chi connectivity index (χ1n) is 7.39. The van der Waals surface area contributed by atoms with E-state index in [1.807, 2.05) is 0 Å². The predicted molar refractivity (Wildman–Crippen MR) is 84.3 cm³/mol. The van der Waals surface area contributed by atoms with Crippen molar-refractivity contribution in [3.05, 3.63) is 54.1 Å². The zero-order valence-corrected chi connectivity index (χ0v) is 12.9. The Morgan fingerprint density at radius 1 is 1.24 bits per heavy atom. The highest BCUT2D eigenvalue weighted by molar-refractivity contribution is 5.98. The molecule has 0 saturated heterocycles. The zero-order valence-electron chi connectivity index (χ0n) is 12.9. The van der Waals surface area contributed by atoms with Crippen LogP contribution in [0.3, 0.4) is 0 Å². The molecule has 0 aliphatic carbocycles. The Balaban J connectivity index is 1.77. The maximum atomic E-state index is 13.6. The summed E-state index contributed by atoms with van der Waals surface area (Å²) < 4.78 is 37.1. The summed E-state index contributed by atoms with van der Waals surface area (Å²) in [5, 5.41) is 0. The van der Waals surface area contributed by atoms with E-state index in [-0.39, 0.29) is 12.3 Å². The lowest BCUT2D eigenvalue weighted by Gasteiger charge is -2.33. The molecule has 0 radical (unpaired) electrons. The van der Waals surface area contributed by atoms with Gasteiger partial charge in [-0.05, 0) is 24.3 Å². The van der Waals surface area contributed by atoms with Gasteiger partial charge in [-0.25, -0.2) is 8.78 Å². The van der Waals surface area contributed by atoms with E-state index in [9.17, 15) is 18.4 Å². The minimum Gasteiger partial charge on any atom is -0.481 e. The average Bonchev–Trinajstić information content (AvgIpc) is 2.59. The fourth-order valence-electron chi connectivity index (χ4n) is 2.43. The second-order valence-corrected chi connectivity index (χ2v) is 5.34. The van der Waals surface area contributed by atoms with Gasteiger partial charge in [-0.3, -0.25) is 9.59 Å². The fourth-order valence-corrected chi connectivity index (χ4v) is 2.43. The number of nitrogens with two attached hydrogens (primary N) is 1. The van der Waals surface area contributed by atoms with Crippen LogP contribution in [0.15, 0.2) is 42.5 Å². The van der Waals surface area contributed by atoms with E-state index >= 15 is 0 Å². The Kier molecular flexibility index (Phi) is 4.51. The van der Waals surface area contributed by atoms with Crippen LogP contribution in [0.1, 0.15) is 0 Å². The van der Waals surface area contributed by atoms with Crippen molar-refractivity contribution >= 4 is 17.5 Å². The second kappa shape index (κ2) is 6.76. The SMILES string of the molecule is NC(=O)C1CN(C(=O)COc2ccc(F)cc2F)c2ccccc2O1. The van der Waals surface area contributed by atoms with Crippen LogP contribution < -0.4 is 20.1 Å². The summed E-state index contributed by atoms with van der Waals surface area (Å²) >= 11 is 0. The Morgan fingerprint density at radius 2 is 2.00 bits per heavy atom. The van der Waals surface area contributed by atoms with Crippen molar-refractivity contribution in [3.63, 3.8) is 0 Å². The highest BCUT2D eigenvalue weighted by atomic mass is 19.1. The lowest BCUT2D eigenvalue weighted by Crippen LogP contribution is -2.50. The first-order valence-corrected chi connectivity index (χ1v) is 7.39. The number of rotatable bonds is 4. The smallest absolute Gasteiger partial charge is 0.265 e. The van der Waals surface area contributed by atoms with Crippen LogP contribution >= 0.6 is 0 Å². The number of hydrogen-bond donors (Lipinski definition) is 1. The van der Waals surface area contributed by atoms with E-state index in [1.54, 1.807) is 24.3 Å². The lowest BCUT2D eigenvalue weighted by molar-refractivity contribution is -0.125. The molecule has 8 heteroatoms. The topological polar surface area (TPSA) is 81.9 Å². The minimum absolute atomic E-state index is 0.0829. The van der Waals surface area contributed by atoms with Gasteiger partial charge in [0.15, 0.2) is 24.3 Å². The highest BCUT2D eigenvalue weighted by Gasteiger charge is 2.32. The molecule has 1 heterocycles. The number of anilines is 1. The third-order valence-electron chi connectivity index (χ3n) is 3.64. The molecule has 0 saturated carbocycles. The summed E-state index contributed by atoms with van der Waals surface area (Å²) in [5.41, 5.74) is 5.72. The number of para-hydroxylation sites is 2. The van der Waals surface area contributed by atoms with E-state index in [0.717, 1.165) is 12.1 Å². The number of primary amides is 1. The zero-order chi connectivity index (χ0) is 18.0. The molecule has 1 aliphatic heterocycles. The van der Waals surface area contributed by atoms with Crippen LogP contribution in [0, 0.1) is 11.6 Å². The molecule has 3 rings (SSSR count). The number of ether oxygens (including phenoxy) is 2. The number of benzene rings is 2. The third kappa shape index (κ3) is 3.52. The molecule has 1 atom stereocenters. The van der Waals surface area contributed by atoms with E-state index in [0.29, 0.717) is 17.5 Å². The number of carbonyl (C=O) groups is 2. The van der Waals surface area contributed by atoms with Crippen LogP contribution in [0.25, 0.3) is 0 Å². The quantitative estimate of drug-likeness (QED) is 0.910. The van der Waals surface area contributed by atoms with Crippen molar-refractivity contribution in [1.82, 2.24) is 0 Å². The monoisotopic (exact) mass is 348 g/mol. The molecule has 1 unspecified atom stereocenters. The van der Waals surface area contributed by atoms with E-state index < -0.39 is 36.2 Å². The van der Waals surface area contributed by atoms with Crippen LogP contribution in [0.5, 0.6) is 11.5 Å². The van der Waals surface area contributed by atoms with Gasteiger partial charge in [0.2, 0.25) is 0 Å². The molecule has 2 aromatic carbocycles. The summed E-state index contributed by atoms with van der Waals surface area (Å²) in [7, 11) is 0. The minimum atomic E-state index is -0.999. The number of nitrogens with zero attached hydrogens (tertiary/aromatic N) is 1. The lowest BCUT2D eigenvalue weighted by atomic mass is 10.2. The van der Waals surface area contributed by atoms with Crippen molar-refractivity contribution in [2.24, 2.45) is 5.73 Å². The van der Waals surface area contributed by atoms with Crippen molar-refractivity contribution in [2.75, 3.05) is 18.1 Å². The maximum Gasteiger partial charge on any atom is 0.265 e. The van der Waals surface area contributed by atoms with Gasteiger partial charge in [-0.2, -0.15) is 0 Å². The molecular weight excluding hydrogens is 334 g/mol. The molecule has 2 N–H and O–H groups in total. The highest BCUT2D eigenvalue weighted by Crippen LogP contribution is 2.33. The summed E-state index contributed by atoms with van der Waals surface area (Å²) in [4.78, 5) is 25.2. The first-order chi connectivity index (χ1) is 12.0. The van der Waals surface area contributed by atoms with Gasteiger partial charge in [0.25, 0.3) is 11.8 Å². The van der Waals surface area contributed by atoms with Gasteiger partial charge in [-0.15, -0.1) is 0 Å². The van der Waals surface area contributed by atoms with Gasteiger partial charge in [0, 0.05) is 6.07 Å². The molecule has 6 nitrogen and oxygen atoms in total. The van der Waals surface area contributed by atoms with Gasteiger partial charge in [0.05, 0.1) is 12.2 Å². The standard InChI is InChI=1S/C17H14F2N2O4/c18-10-5-6-13(11(19)7-10)24-9-16(22)21-8-15(17(20)23)25-14-4-2-1-3-12(14)21/h1-7,15H,8-9H2,(H2,20,23). The van der Waals surface area contributed by atoms with Gasteiger partial charge < -0.3 is 20.1 Å². The molecule has 25 heavy (non-hydrogen) atoms. The Labute approximate surface area is 141 Å². The normalized spacial score (nSPS) is 15.9. The molecule has 0 bridgehead atoms. The number of fused-ring (bicyclic) bond motifs is 1. The van der Waals surface area contributed by atoms with Gasteiger partial charge in [0.1, 0.15) is 11.6 Å². The molecule has 130 valence electrons. The summed E-state index contributed by atoms with van der Waals surface area (Å²) in [5.74, 6) is -2.81. The Bertz CT molecular complexity index is 828. The summed E-state index contributed by atoms with van der Waals surface area (Å²) in [6.45, 7) is -0.581. The van der Waals surface area contributed by atoms with E-state index in [2.05, 4.69) is 0 Å². The van der Waals surface area contributed by atoms with Crippen LogP contribution in [-0.2, 0) is 9.59 Å². The van der Waals surface area contributed by atoms with Crippen molar-refractivity contribution in [3.8, 4) is 11.5 Å². The molecular formula is C17H14F2N2O4. The maximum absolute atomic E-state index is 13.6. The van der Waals surface area contributed by atoms with Crippen molar-refractivity contribution in [1.29, 1.82) is 0 Å². The van der Waals surface area contributed by atoms with Gasteiger partial charge in [-0.1, -0.05) is 12.1 Å². The number of amides is 2. The van der Waals surface area contributed by atoms with Gasteiger partial charge >= 0.3 is 0 Å². The number of carbonyl (C=O) groups excluding carboxylic acids is 2. The Hall–Kier alpha value is -3.16. The molecule has 0 spiro atoms. The molecule has 0 fully saturated rings. The molecule has 2 aromatic rings. The second-order valence-electron chi connectivity index (χ2n) is 5.34. The number of hydrogen-bond acceptors (Lipinski definition) is 4. The molecule has 0 aromatic heterocycles. The Morgan fingerprint density at radius 3 is 2.72 bits per heavy atom. The van der Waals surface area contributed by atoms with E-state index in [4.69, 9.17) is 15.2 Å². The fraction of sp³-hybridized carbons (Fsp3) is 0.176. The summed E-state index contributed by atoms with van der Waals surface area (Å²) in [6, 6.07) is 9.41. The van der Waals surface area contributed by atoms with Crippen LogP contribution in [0.4, 0.5) is 14.5 Å². The number of halogens is 2. The van der Waals surface area contributed by atoms with Crippen LogP contribution in [0.2, 0.25) is 0 Å². The summed E-state index contributed by atoms with van der Waals surface area (Å²) in [6.07, 6.45) is -0.999. The van der Waals surface area contributed by atoms with Crippen molar-refractivity contribution in [2.45, 2.75) is 6.10 Å². The van der Waals surface area contributed by atoms with Crippen molar-refractivity contribution < 1.29 is 27.8 Å². The largest absolute Gasteiger partial charge is 0.481 e. The van der Waals surface area contributed by atoms with Crippen LogP contribution in [-0.4, -0.2) is 31.1 Å². The molecule has 1 aliphatic rings. The van der Waals surface area contributed by atoms with E-state index in [1.165, 1.54) is 4.90 Å². The molecule has 2 amide bonds. The third-order valence-corrected chi connectivity index (χ3v) is 3.64.